The number of nitrogens with zero attached hydrogens (tertiary/aromatic N) is 4. The van der Waals surface area contributed by atoms with E-state index in [-0.39, 0.29) is 18.4 Å². The highest BCUT2D eigenvalue weighted by molar-refractivity contribution is 6.30. The van der Waals surface area contributed by atoms with Gasteiger partial charge in [-0.1, -0.05) is 35.9 Å². The summed E-state index contributed by atoms with van der Waals surface area (Å²) in [7, 11) is 0. The van der Waals surface area contributed by atoms with E-state index in [0.717, 1.165) is 11.1 Å². The van der Waals surface area contributed by atoms with Gasteiger partial charge >= 0.3 is 0 Å². The third-order valence-electron chi connectivity index (χ3n) is 4.42. The van der Waals surface area contributed by atoms with Crippen LogP contribution in [0.3, 0.4) is 0 Å². The predicted molar refractivity (Wildman–Crippen MR) is 110 cm³/mol. The largest absolute Gasteiger partial charge is 0.350 e. The van der Waals surface area contributed by atoms with Crippen LogP contribution >= 0.6 is 11.6 Å². The summed E-state index contributed by atoms with van der Waals surface area (Å²) in [5.74, 6) is -0.389. The summed E-state index contributed by atoms with van der Waals surface area (Å²) in [5, 5.41) is 7.55. The van der Waals surface area contributed by atoms with Crippen molar-refractivity contribution in [1.82, 2.24) is 25.0 Å². The molecule has 2 aromatic carbocycles. The average molecular weight is 412 g/mol. The smallest absolute Gasteiger partial charge is 0.254 e. The van der Waals surface area contributed by atoms with Crippen LogP contribution in [0.5, 0.6) is 0 Å². The number of carbonyl (C=O) groups is 2. The number of rotatable bonds is 8. The Morgan fingerprint density at radius 1 is 1.07 bits per heavy atom. The Labute approximate surface area is 174 Å². The van der Waals surface area contributed by atoms with Crippen LogP contribution in [0.25, 0.3) is 0 Å². The summed E-state index contributed by atoms with van der Waals surface area (Å²) in [6.45, 7) is 3.26. The lowest BCUT2D eigenvalue weighted by molar-refractivity contribution is -0.121. The molecule has 1 N–H and O–H groups in total. The quantitative estimate of drug-likeness (QED) is 0.618. The van der Waals surface area contributed by atoms with Crippen molar-refractivity contribution in [3.8, 4) is 0 Å². The number of hydrogen-bond acceptors (Lipinski definition) is 4. The van der Waals surface area contributed by atoms with Gasteiger partial charge in [0.2, 0.25) is 5.91 Å². The van der Waals surface area contributed by atoms with Crippen molar-refractivity contribution in [3.63, 3.8) is 0 Å². The second kappa shape index (κ2) is 9.84. The van der Waals surface area contributed by atoms with Crippen LogP contribution in [-0.4, -0.2) is 44.6 Å². The summed E-state index contributed by atoms with van der Waals surface area (Å²) in [5.41, 5.74) is 2.50. The molecule has 8 heteroatoms. The van der Waals surface area contributed by atoms with Crippen LogP contribution < -0.4 is 5.32 Å². The van der Waals surface area contributed by atoms with E-state index in [1.165, 1.54) is 11.2 Å². The fourth-order valence-electron chi connectivity index (χ4n) is 2.80. The summed E-state index contributed by atoms with van der Waals surface area (Å²) in [6, 6.07) is 14.5. The first-order valence-electron chi connectivity index (χ1n) is 9.27. The molecule has 0 spiro atoms. The van der Waals surface area contributed by atoms with Gasteiger partial charge < -0.3 is 10.2 Å². The second-order valence-electron chi connectivity index (χ2n) is 6.51. The minimum absolute atomic E-state index is 0.00360. The summed E-state index contributed by atoms with van der Waals surface area (Å²) in [4.78, 5) is 30.5. The lowest BCUT2D eigenvalue weighted by Gasteiger charge is -2.20. The zero-order valence-corrected chi connectivity index (χ0v) is 16.8. The number of aromatic nitrogens is 3. The Hall–Kier alpha value is -3.19. The van der Waals surface area contributed by atoms with E-state index in [9.17, 15) is 9.59 Å². The predicted octanol–water partition coefficient (Wildman–Crippen LogP) is 2.76. The molecule has 0 saturated carbocycles. The molecule has 1 heterocycles. The molecule has 0 atom stereocenters. The standard InChI is InChI=1S/C21H22ClN5O2/c1-2-26(13-20(28)24-11-16-5-9-19(22)10-6-16)21(29)18-7-3-17(4-8-18)12-27-15-23-14-25-27/h3-10,14-15H,2,11-13H2,1H3,(H,24,28). The molecule has 0 saturated heterocycles. The Kier molecular flexibility index (Phi) is 6.97. The highest BCUT2D eigenvalue weighted by Gasteiger charge is 2.17. The van der Waals surface area contributed by atoms with Gasteiger partial charge in [0.15, 0.2) is 0 Å². The monoisotopic (exact) mass is 411 g/mol. The SMILES string of the molecule is CCN(CC(=O)NCc1ccc(Cl)cc1)C(=O)c1ccc(Cn2cncn2)cc1. The molecule has 0 unspecified atom stereocenters. The summed E-state index contributed by atoms with van der Waals surface area (Å²) in [6.07, 6.45) is 3.12. The molecular formula is C21H22ClN5O2. The van der Waals surface area contributed by atoms with Crippen molar-refractivity contribution in [2.24, 2.45) is 0 Å². The van der Waals surface area contributed by atoms with E-state index < -0.39 is 0 Å². The van der Waals surface area contributed by atoms with Crippen LogP contribution in [-0.2, 0) is 17.9 Å². The number of carbonyl (C=O) groups excluding carboxylic acids is 2. The fourth-order valence-corrected chi connectivity index (χ4v) is 2.92. The molecule has 7 nitrogen and oxygen atoms in total. The molecule has 3 rings (SSSR count). The Balaban J connectivity index is 1.54. The van der Waals surface area contributed by atoms with E-state index in [1.54, 1.807) is 35.3 Å². The second-order valence-corrected chi connectivity index (χ2v) is 6.95. The molecule has 29 heavy (non-hydrogen) atoms. The maximum atomic E-state index is 12.8. The number of likely N-dealkylation sites (N-methyl/N-ethyl adjacent to an activating group) is 1. The molecule has 0 radical (unpaired) electrons. The van der Waals surface area contributed by atoms with Gasteiger partial charge in [0, 0.05) is 23.7 Å². The third-order valence-corrected chi connectivity index (χ3v) is 4.67. The molecule has 0 fully saturated rings. The van der Waals surface area contributed by atoms with Crippen molar-refractivity contribution in [2.45, 2.75) is 20.0 Å². The molecule has 0 aliphatic heterocycles. The Morgan fingerprint density at radius 3 is 2.38 bits per heavy atom. The minimum Gasteiger partial charge on any atom is -0.350 e. The fraction of sp³-hybridized carbons (Fsp3) is 0.238. The van der Waals surface area contributed by atoms with Gasteiger partial charge in [-0.15, -0.1) is 0 Å². The van der Waals surface area contributed by atoms with E-state index in [1.807, 2.05) is 31.2 Å². The van der Waals surface area contributed by atoms with E-state index in [2.05, 4.69) is 15.4 Å². The van der Waals surface area contributed by atoms with Gasteiger partial charge in [-0.05, 0) is 42.3 Å². The number of amides is 2. The summed E-state index contributed by atoms with van der Waals surface area (Å²) < 4.78 is 1.71. The lowest BCUT2D eigenvalue weighted by atomic mass is 10.1. The van der Waals surface area contributed by atoms with Gasteiger partial charge in [-0.2, -0.15) is 5.10 Å². The minimum atomic E-state index is -0.210. The molecule has 150 valence electrons. The van der Waals surface area contributed by atoms with Crippen molar-refractivity contribution < 1.29 is 9.59 Å². The molecule has 0 aliphatic carbocycles. The highest BCUT2D eigenvalue weighted by Crippen LogP contribution is 2.10. The van der Waals surface area contributed by atoms with Crippen LogP contribution in [0.15, 0.2) is 61.2 Å². The zero-order chi connectivity index (χ0) is 20.6. The van der Waals surface area contributed by atoms with Gasteiger partial charge in [0.1, 0.15) is 12.7 Å². The van der Waals surface area contributed by atoms with E-state index >= 15 is 0 Å². The van der Waals surface area contributed by atoms with Crippen molar-refractivity contribution in [1.29, 1.82) is 0 Å². The van der Waals surface area contributed by atoms with Gasteiger partial charge in [-0.25, -0.2) is 9.67 Å². The molecule has 0 aliphatic rings. The van der Waals surface area contributed by atoms with Gasteiger partial charge in [-0.3, -0.25) is 9.59 Å². The third kappa shape index (κ3) is 5.89. The molecule has 0 bridgehead atoms. The number of halogens is 1. The number of benzene rings is 2. The van der Waals surface area contributed by atoms with E-state index in [4.69, 9.17) is 11.6 Å². The van der Waals surface area contributed by atoms with E-state index in [0.29, 0.717) is 30.2 Å². The van der Waals surface area contributed by atoms with Gasteiger partial charge in [0.05, 0.1) is 13.1 Å². The van der Waals surface area contributed by atoms with Gasteiger partial charge in [0.25, 0.3) is 5.91 Å². The van der Waals surface area contributed by atoms with Crippen LogP contribution in [0, 0.1) is 0 Å². The van der Waals surface area contributed by atoms with Crippen LogP contribution in [0.4, 0.5) is 0 Å². The molecule has 2 amide bonds. The highest BCUT2D eigenvalue weighted by atomic mass is 35.5. The molecule has 3 aromatic rings. The Morgan fingerprint density at radius 2 is 1.76 bits per heavy atom. The maximum Gasteiger partial charge on any atom is 0.254 e. The molecule has 1 aromatic heterocycles. The topological polar surface area (TPSA) is 80.1 Å². The first kappa shape index (κ1) is 20.5. The Bertz CT molecular complexity index is 940. The maximum absolute atomic E-state index is 12.8. The summed E-state index contributed by atoms with van der Waals surface area (Å²) >= 11 is 5.86. The first-order valence-corrected chi connectivity index (χ1v) is 9.64. The number of nitrogens with one attached hydrogen (secondary N) is 1. The first-order chi connectivity index (χ1) is 14.0. The zero-order valence-electron chi connectivity index (χ0n) is 16.1. The molecular weight excluding hydrogens is 390 g/mol. The van der Waals surface area contributed by atoms with Crippen LogP contribution in [0.2, 0.25) is 5.02 Å². The average Bonchev–Trinajstić information content (AvgIpc) is 3.25. The lowest BCUT2D eigenvalue weighted by Crippen LogP contribution is -2.40. The van der Waals surface area contributed by atoms with Crippen molar-refractivity contribution in [3.05, 3.63) is 82.9 Å². The van der Waals surface area contributed by atoms with Crippen molar-refractivity contribution in [2.75, 3.05) is 13.1 Å². The number of hydrogen-bond donors (Lipinski definition) is 1. The van der Waals surface area contributed by atoms with Crippen molar-refractivity contribution >= 4 is 23.4 Å². The normalized spacial score (nSPS) is 10.6. The van der Waals surface area contributed by atoms with Crippen LogP contribution in [0.1, 0.15) is 28.4 Å².